The van der Waals surface area contributed by atoms with Crippen LogP contribution < -0.4 is 9.62 Å². The molecule has 0 saturated heterocycles. The summed E-state index contributed by atoms with van der Waals surface area (Å²) in [6, 6.07) is 4.60. The summed E-state index contributed by atoms with van der Waals surface area (Å²) in [6.07, 6.45) is 0. The molecule has 0 heterocycles. The van der Waals surface area contributed by atoms with Gasteiger partial charge in [0.1, 0.15) is 0 Å². The molecule has 0 unspecified atom stereocenters. The monoisotopic (exact) mass is 343 g/mol. The zero-order valence-corrected chi connectivity index (χ0v) is 14.9. The van der Waals surface area contributed by atoms with Crippen LogP contribution >= 0.6 is 0 Å². The number of rotatable bonds is 9. The minimum atomic E-state index is -3.44. The first kappa shape index (κ1) is 19.2. The molecule has 1 aromatic rings. The van der Waals surface area contributed by atoms with Gasteiger partial charge in [0, 0.05) is 25.3 Å². The van der Waals surface area contributed by atoms with Crippen molar-refractivity contribution < 1.29 is 18.3 Å². The Balaban J connectivity index is 3.15. The third kappa shape index (κ3) is 5.72. The Morgan fingerprint density at radius 1 is 1.22 bits per heavy atom. The highest BCUT2D eigenvalue weighted by molar-refractivity contribution is 7.92. The number of benzene rings is 1. The second-order valence-corrected chi connectivity index (χ2v) is 7.44. The van der Waals surface area contributed by atoms with Crippen LogP contribution in [0.1, 0.15) is 24.2 Å². The molecule has 0 aliphatic rings. The number of carboxylic acid groups (broad SMARTS) is 1. The van der Waals surface area contributed by atoms with Crippen molar-refractivity contribution in [3.8, 4) is 0 Å². The second-order valence-electron chi connectivity index (χ2n) is 5.43. The minimum Gasteiger partial charge on any atom is -0.478 e. The van der Waals surface area contributed by atoms with Gasteiger partial charge in [-0.1, -0.05) is 0 Å². The van der Waals surface area contributed by atoms with E-state index >= 15 is 0 Å². The normalized spacial score (nSPS) is 11.5. The van der Waals surface area contributed by atoms with Gasteiger partial charge >= 0.3 is 5.97 Å². The van der Waals surface area contributed by atoms with Crippen molar-refractivity contribution in [2.75, 3.05) is 49.1 Å². The zero-order chi connectivity index (χ0) is 17.6. The van der Waals surface area contributed by atoms with Crippen molar-refractivity contribution >= 4 is 27.4 Å². The minimum absolute atomic E-state index is 0.0684. The second kappa shape index (κ2) is 8.16. The van der Waals surface area contributed by atoms with E-state index in [0.29, 0.717) is 18.8 Å². The van der Waals surface area contributed by atoms with E-state index in [9.17, 15) is 18.3 Å². The smallest absolute Gasteiger partial charge is 0.337 e. The molecule has 7 nitrogen and oxygen atoms in total. The van der Waals surface area contributed by atoms with Crippen LogP contribution in [0.3, 0.4) is 0 Å². The molecule has 23 heavy (non-hydrogen) atoms. The van der Waals surface area contributed by atoms with Gasteiger partial charge in [-0.25, -0.2) is 13.2 Å². The molecule has 0 spiro atoms. The number of aromatic carboxylic acids is 1. The number of anilines is 2. The number of hydrogen-bond acceptors (Lipinski definition) is 5. The fourth-order valence-electron chi connectivity index (χ4n) is 2.07. The molecule has 0 bridgehead atoms. The predicted octanol–water partition coefficient (Wildman–Crippen LogP) is 1.53. The van der Waals surface area contributed by atoms with Crippen molar-refractivity contribution in [3.05, 3.63) is 23.8 Å². The topological polar surface area (TPSA) is 90.0 Å². The lowest BCUT2D eigenvalue weighted by Crippen LogP contribution is -2.32. The highest BCUT2D eigenvalue weighted by Crippen LogP contribution is 2.25. The Morgan fingerprint density at radius 3 is 2.35 bits per heavy atom. The van der Waals surface area contributed by atoms with E-state index in [4.69, 9.17) is 0 Å². The molecule has 0 aromatic heterocycles. The fraction of sp³-hybridized carbons (Fsp3) is 0.533. The van der Waals surface area contributed by atoms with Crippen LogP contribution in [-0.4, -0.2) is 63.9 Å². The summed E-state index contributed by atoms with van der Waals surface area (Å²) in [5.41, 5.74) is 0.930. The van der Waals surface area contributed by atoms with Gasteiger partial charge in [-0.15, -0.1) is 0 Å². The lowest BCUT2D eigenvalue weighted by molar-refractivity contribution is 0.0697. The first-order valence-corrected chi connectivity index (χ1v) is 9.13. The number of carboxylic acids is 1. The molecular weight excluding hydrogens is 318 g/mol. The molecule has 0 saturated carbocycles. The molecule has 8 heteroatoms. The fourth-order valence-corrected chi connectivity index (χ4v) is 2.70. The Kier molecular flexibility index (Phi) is 6.83. The molecule has 1 aromatic carbocycles. The van der Waals surface area contributed by atoms with Crippen molar-refractivity contribution in [2.24, 2.45) is 0 Å². The molecule has 0 atom stereocenters. The van der Waals surface area contributed by atoms with Gasteiger partial charge in [0.2, 0.25) is 10.0 Å². The van der Waals surface area contributed by atoms with Crippen molar-refractivity contribution in [3.63, 3.8) is 0 Å². The average molecular weight is 343 g/mol. The summed E-state index contributed by atoms with van der Waals surface area (Å²) >= 11 is 0. The molecular formula is C15H25N3O4S. The first-order valence-electron chi connectivity index (χ1n) is 7.47. The van der Waals surface area contributed by atoms with Gasteiger partial charge < -0.3 is 14.9 Å². The van der Waals surface area contributed by atoms with Crippen molar-refractivity contribution in [1.29, 1.82) is 0 Å². The van der Waals surface area contributed by atoms with E-state index in [1.54, 1.807) is 12.1 Å². The van der Waals surface area contributed by atoms with Crippen LogP contribution in [0.5, 0.6) is 0 Å². The lowest BCUT2D eigenvalue weighted by atomic mass is 10.1. The zero-order valence-electron chi connectivity index (χ0n) is 14.0. The molecule has 2 N–H and O–H groups in total. The molecule has 0 fully saturated rings. The van der Waals surface area contributed by atoms with E-state index in [2.05, 4.69) is 4.72 Å². The summed E-state index contributed by atoms with van der Waals surface area (Å²) in [5, 5.41) is 9.45. The van der Waals surface area contributed by atoms with Crippen molar-refractivity contribution in [1.82, 2.24) is 4.90 Å². The van der Waals surface area contributed by atoms with Crippen molar-refractivity contribution in [2.45, 2.75) is 13.8 Å². The summed E-state index contributed by atoms with van der Waals surface area (Å²) in [4.78, 5) is 15.5. The number of nitrogens with one attached hydrogen (secondary N) is 1. The molecule has 0 aliphatic heterocycles. The largest absolute Gasteiger partial charge is 0.478 e. The third-order valence-corrected chi connectivity index (χ3v) is 4.73. The SMILES string of the molecule is CCN(CCN(C)C)c1ccc(NS(=O)(=O)CC)cc1C(=O)O. The standard InChI is InChI=1S/C15H25N3O4S/c1-5-18(10-9-17(3)4)14-8-7-12(11-13(14)15(19)20)16-23(21,22)6-2/h7-8,11,16H,5-6,9-10H2,1-4H3,(H,19,20). The van der Waals surface area contributed by atoms with E-state index in [-0.39, 0.29) is 17.0 Å². The van der Waals surface area contributed by atoms with Crippen LogP contribution in [0.2, 0.25) is 0 Å². The van der Waals surface area contributed by atoms with Crippen LogP contribution in [0.15, 0.2) is 18.2 Å². The Bertz CT molecular complexity index is 644. The van der Waals surface area contributed by atoms with E-state index in [1.165, 1.54) is 13.0 Å². The van der Waals surface area contributed by atoms with Crippen LogP contribution in [0, 0.1) is 0 Å². The summed E-state index contributed by atoms with van der Waals surface area (Å²) in [6.45, 7) is 5.61. The van der Waals surface area contributed by atoms with Crippen LogP contribution in [-0.2, 0) is 10.0 Å². The molecule has 1 rings (SSSR count). The van der Waals surface area contributed by atoms with Crippen LogP contribution in [0.4, 0.5) is 11.4 Å². The summed E-state index contributed by atoms with van der Waals surface area (Å²) < 4.78 is 25.6. The lowest BCUT2D eigenvalue weighted by Gasteiger charge is -2.26. The Hall–Kier alpha value is -1.80. The van der Waals surface area contributed by atoms with Gasteiger partial charge in [-0.2, -0.15) is 0 Å². The molecule has 0 radical (unpaired) electrons. The quantitative estimate of drug-likeness (QED) is 0.707. The highest BCUT2D eigenvalue weighted by atomic mass is 32.2. The Morgan fingerprint density at radius 2 is 1.87 bits per heavy atom. The van der Waals surface area contributed by atoms with E-state index in [0.717, 1.165) is 6.54 Å². The highest BCUT2D eigenvalue weighted by Gasteiger charge is 2.17. The van der Waals surface area contributed by atoms with E-state index in [1.807, 2.05) is 30.8 Å². The van der Waals surface area contributed by atoms with Gasteiger partial charge in [-0.3, -0.25) is 4.72 Å². The first-order chi connectivity index (χ1) is 10.7. The van der Waals surface area contributed by atoms with Gasteiger partial charge in [-0.05, 0) is 46.1 Å². The van der Waals surface area contributed by atoms with Crippen LogP contribution in [0.25, 0.3) is 0 Å². The maximum atomic E-state index is 11.6. The Labute approximate surface area is 138 Å². The van der Waals surface area contributed by atoms with E-state index < -0.39 is 16.0 Å². The number of sulfonamides is 1. The third-order valence-electron chi connectivity index (χ3n) is 3.42. The van der Waals surface area contributed by atoms with Gasteiger partial charge in [0.25, 0.3) is 0 Å². The number of likely N-dealkylation sites (N-methyl/N-ethyl adjacent to an activating group) is 2. The average Bonchev–Trinajstić information content (AvgIpc) is 2.48. The maximum absolute atomic E-state index is 11.6. The number of carbonyl (C=O) groups is 1. The number of nitrogens with zero attached hydrogens (tertiary/aromatic N) is 2. The van der Waals surface area contributed by atoms with Gasteiger partial charge in [0.15, 0.2) is 0 Å². The summed E-state index contributed by atoms with van der Waals surface area (Å²) in [7, 11) is 0.468. The predicted molar refractivity (Wildman–Crippen MR) is 92.9 cm³/mol. The molecule has 0 aliphatic carbocycles. The summed E-state index contributed by atoms with van der Waals surface area (Å²) in [5.74, 6) is -1.15. The van der Waals surface area contributed by atoms with Gasteiger partial charge in [0.05, 0.1) is 17.0 Å². The number of hydrogen-bond donors (Lipinski definition) is 2. The maximum Gasteiger partial charge on any atom is 0.337 e. The molecule has 130 valence electrons. The molecule has 0 amide bonds.